The van der Waals surface area contributed by atoms with Gasteiger partial charge in [-0.15, -0.1) is 0 Å². The van der Waals surface area contributed by atoms with Gasteiger partial charge in [-0.2, -0.15) is 0 Å². The second kappa shape index (κ2) is 8.83. The van der Waals surface area contributed by atoms with Gasteiger partial charge in [-0.25, -0.2) is 0 Å². The van der Waals surface area contributed by atoms with Crippen molar-refractivity contribution in [2.24, 2.45) is 0 Å². The number of ether oxygens (including phenoxy) is 1. The minimum absolute atomic E-state index is 0.0373. The van der Waals surface area contributed by atoms with Crippen LogP contribution < -0.4 is 4.74 Å². The summed E-state index contributed by atoms with van der Waals surface area (Å²) in [6, 6.07) is 42.3. The normalized spacial score (nSPS) is 13.8. The number of benzene rings is 6. The third-order valence-corrected chi connectivity index (χ3v) is 8.37. The van der Waals surface area contributed by atoms with Gasteiger partial charge in [0.05, 0.1) is 0 Å². The second-order valence-electron chi connectivity index (χ2n) is 12.5. The molecular weight excluding hydrogens is 484 g/mol. The molecule has 7 rings (SSSR count). The minimum atomic E-state index is -0.228. The number of hydrogen-bond donors (Lipinski definition) is 0. The number of fused-ring (bicyclic) bond motifs is 5. The Kier molecular flexibility index (Phi) is 5.44. The molecule has 0 heterocycles. The van der Waals surface area contributed by atoms with Crippen molar-refractivity contribution in [1.82, 2.24) is 0 Å². The van der Waals surface area contributed by atoms with Crippen LogP contribution >= 0.6 is 0 Å². The van der Waals surface area contributed by atoms with E-state index < -0.39 is 0 Å². The summed E-state index contributed by atoms with van der Waals surface area (Å²) in [7, 11) is 0. The quantitative estimate of drug-likeness (QED) is 0.212. The van der Waals surface area contributed by atoms with E-state index in [1.54, 1.807) is 0 Å². The van der Waals surface area contributed by atoms with Gasteiger partial charge in [-0.05, 0) is 105 Å². The maximum absolute atomic E-state index is 6.12. The van der Waals surface area contributed by atoms with Crippen LogP contribution in [-0.4, -0.2) is 5.60 Å². The van der Waals surface area contributed by atoms with E-state index in [0.717, 1.165) is 5.75 Å². The molecule has 0 aliphatic heterocycles. The van der Waals surface area contributed by atoms with Gasteiger partial charge < -0.3 is 4.74 Å². The molecule has 0 unspecified atom stereocenters. The number of rotatable bonds is 3. The van der Waals surface area contributed by atoms with Crippen LogP contribution in [0.4, 0.5) is 0 Å². The fourth-order valence-electron chi connectivity index (χ4n) is 6.65. The highest BCUT2D eigenvalue weighted by atomic mass is 16.5. The van der Waals surface area contributed by atoms with Crippen molar-refractivity contribution in [1.29, 1.82) is 0 Å². The van der Waals surface area contributed by atoms with Crippen molar-refractivity contribution >= 4 is 21.5 Å². The summed E-state index contributed by atoms with van der Waals surface area (Å²) in [5.74, 6) is 0.892. The van der Waals surface area contributed by atoms with E-state index >= 15 is 0 Å². The van der Waals surface area contributed by atoms with Gasteiger partial charge in [0.25, 0.3) is 0 Å². The third kappa shape index (κ3) is 3.84. The second-order valence-corrected chi connectivity index (χ2v) is 12.5. The highest BCUT2D eigenvalue weighted by Crippen LogP contribution is 2.51. The Hall–Kier alpha value is -4.36. The average molecular weight is 519 g/mol. The third-order valence-electron chi connectivity index (χ3n) is 8.37. The Balaban J connectivity index is 1.47. The molecule has 1 aliphatic carbocycles. The molecule has 0 saturated carbocycles. The molecule has 1 aliphatic rings. The highest BCUT2D eigenvalue weighted by Gasteiger charge is 2.35. The fourth-order valence-corrected chi connectivity index (χ4v) is 6.65. The Labute approximate surface area is 237 Å². The lowest BCUT2D eigenvalue weighted by molar-refractivity contribution is 0.131. The van der Waals surface area contributed by atoms with Gasteiger partial charge in [0.1, 0.15) is 11.4 Å². The first-order valence-corrected chi connectivity index (χ1v) is 14.2. The van der Waals surface area contributed by atoms with E-state index in [4.69, 9.17) is 4.74 Å². The predicted octanol–water partition coefficient (Wildman–Crippen LogP) is 10.8. The van der Waals surface area contributed by atoms with Crippen LogP contribution in [0, 0.1) is 0 Å². The van der Waals surface area contributed by atoms with E-state index in [0.29, 0.717) is 0 Å². The summed E-state index contributed by atoms with van der Waals surface area (Å²) >= 11 is 0. The van der Waals surface area contributed by atoms with Crippen molar-refractivity contribution in [2.75, 3.05) is 0 Å². The Bertz CT molecular complexity index is 1860. The molecular formula is C39H34O. The van der Waals surface area contributed by atoms with E-state index in [-0.39, 0.29) is 11.0 Å². The van der Waals surface area contributed by atoms with Crippen molar-refractivity contribution in [3.63, 3.8) is 0 Å². The van der Waals surface area contributed by atoms with Gasteiger partial charge in [-0.3, -0.25) is 0 Å². The Morgan fingerprint density at radius 1 is 0.500 bits per heavy atom. The smallest absolute Gasteiger partial charge is 0.120 e. The van der Waals surface area contributed by atoms with Gasteiger partial charge in [-0.1, -0.05) is 111 Å². The zero-order chi connectivity index (χ0) is 27.6. The van der Waals surface area contributed by atoms with Crippen LogP contribution in [0.1, 0.15) is 45.7 Å². The summed E-state index contributed by atoms with van der Waals surface area (Å²) in [6.07, 6.45) is 0. The zero-order valence-corrected chi connectivity index (χ0v) is 23.9. The molecule has 0 radical (unpaired) electrons. The van der Waals surface area contributed by atoms with Crippen LogP contribution in [0.25, 0.3) is 54.9 Å². The maximum Gasteiger partial charge on any atom is 0.120 e. The summed E-state index contributed by atoms with van der Waals surface area (Å²) in [4.78, 5) is 0. The van der Waals surface area contributed by atoms with E-state index in [9.17, 15) is 0 Å². The summed E-state index contributed by atoms with van der Waals surface area (Å²) in [6.45, 7) is 11.0. The maximum atomic E-state index is 6.12. The lowest BCUT2D eigenvalue weighted by atomic mass is 9.80. The van der Waals surface area contributed by atoms with Gasteiger partial charge in [0, 0.05) is 5.41 Å². The molecule has 40 heavy (non-hydrogen) atoms. The van der Waals surface area contributed by atoms with Crippen LogP contribution in [0.2, 0.25) is 0 Å². The highest BCUT2D eigenvalue weighted by molar-refractivity contribution is 6.21. The molecule has 0 atom stereocenters. The van der Waals surface area contributed by atoms with Crippen LogP contribution in [-0.2, 0) is 5.41 Å². The average Bonchev–Trinajstić information content (AvgIpc) is 3.17. The van der Waals surface area contributed by atoms with Crippen LogP contribution in [0.15, 0.2) is 115 Å². The number of hydrogen-bond acceptors (Lipinski definition) is 1. The first-order chi connectivity index (χ1) is 19.2. The van der Waals surface area contributed by atoms with Gasteiger partial charge >= 0.3 is 0 Å². The van der Waals surface area contributed by atoms with Crippen LogP contribution in [0.5, 0.6) is 5.75 Å². The fraction of sp³-hybridized carbons (Fsp3) is 0.179. The van der Waals surface area contributed by atoms with Crippen molar-refractivity contribution in [3.05, 3.63) is 126 Å². The molecule has 0 amide bonds. The molecule has 0 saturated heterocycles. The Morgan fingerprint density at radius 3 is 1.55 bits per heavy atom. The predicted molar refractivity (Wildman–Crippen MR) is 170 cm³/mol. The molecule has 0 aromatic heterocycles. The molecule has 0 bridgehead atoms. The topological polar surface area (TPSA) is 9.23 Å². The first-order valence-electron chi connectivity index (χ1n) is 14.2. The zero-order valence-electron chi connectivity index (χ0n) is 23.9. The summed E-state index contributed by atoms with van der Waals surface area (Å²) in [5.41, 5.74) is 10.3. The van der Waals surface area contributed by atoms with Gasteiger partial charge in [0.2, 0.25) is 0 Å². The largest absolute Gasteiger partial charge is 0.488 e. The molecule has 0 N–H and O–H groups in total. The van der Waals surface area contributed by atoms with Crippen molar-refractivity contribution in [3.8, 4) is 39.1 Å². The molecule has 6 aromatic carbocycles. The molecule has 0 fully saturated rings. The summed E-state index contributed by atoms with van der Waals surface area (Å²) in [5, 5.41) is 5.09. The SMILES string of the molecule is CC(C)(C)Oc1ccc(-c2c3ccccc3c(-c3ccc4c(c3)C(C)(C)c3ccccc3-4)c3ccccc23)cc1. The molecule has 1 nitrogen and oxygen atoms in total. The van der Waals surface area contributed by atoms with Crippen molar-refractivity contribution < 1.29 is 4.74 Å². The first kappa shape index (κ1) is 24.7. The Morgan fingerprint density at radius 2 is 0.975 bits per heavy atom. The summed E-state index contributed by atoms with van der Waals surface area (Å²) < 4.78 is 6.12. The van der Waals surface area contributed by atoms with E-state index in [1.807, 2.05) is 0 Å². The van der Waals surface area contributed by atoms with Crippen LogP contribution in [0.3, 0.4) is 0 Å². The minimum Gasteiger partial charge on any atom is -0.488 e. The molecule has 0 spiro atoms. The monoisotopic (exact) mass is 518 g/mol. The molecule has 196 valence electrons. The lowest BCUT2D eigenvalue weighted by Gasteiger charge is -2.23. The molecule has 1 heteroatoms. The van der Waals surface area contributed by atoms with Crippen molar-refractivity contribution in [2.45, 2.75) is 45.6 Å². The van der Waals surface area contributed by atoms with Gasteiger partial charge in [0.15, 0.2) is 0 Å². The molecule has 6 aromatic rings. The lowest BCUT2D eigenvalue weighted by Crippen LogP contribution is -2.22. The standard InChI is InChI=1S/C39H34O/c1-38(2,3)40-27-21-18-25(19-22-27)36-30-13-6-8-15-32(30)37(33-16-9-7-14-31(33)36)26-20-23-29-28-12-10-11-17-34(28)39(4,5)35(29)24-26/h6-24H,1-5H3. The van der Waals surface area contributed by atoms with E-state index in [1.165, 1.54) is 66.1 Å². The van der Waals surface area contributed by atoms with E-state index in [2.05, 4.69) is 150 Å².